The fourth-order valence-electron chi connectivity index (χ4n) is 4.60. The maximum Gasteiger partial charge on any atom is 0.319 e. The van der Waals surface area contributed by atoms with E-state index in [-0.39, 0.29) is 29.0 Å². The smallest absolute Gasteiger partial charge is 0.319 e. The van der Waals surface area contributed by atoms with Crippen LogP contribution in [0.15, 0.2) is 73.2 Å². The van der Waals surface area contributed by atoms with Crippen molar-refractivity contribution in [2.75, 3.05) is 18.4 Å². The number of nitriles is 1. The zero-order valence-electron chi connectivity index (χ0n) is 20.0. The highest BCUT2D eigenvalue weighted by atomic mass is 19.1. The molecule has 0 spiro atoms. The number of anilines is 1. The van der Waals surface area contributed by atoms with Gasteiger partial charge in [0, 0.05) is 43.9 Å². The molecule has 0 bridgehead atoms. The molecule has 1 aliphatic heterocycles. The third-order valence-electron chi connectivity index (χ3n) is 6.66. The Morgan fingerprint density at radius 2 is 1.84 bits per heavy atom. The van der Waals surface area contributed by atoms with Crippen molar-refractivity contribution in [2.24, 2.45) is 0 Å². The lowest BCUT2D eigenvalue weighted by Crippen LogP contribution is -2.38. The lowest BCUT2D eigenvalue weighted by atomic mass is 9.89. The monoisotopic (exact) mass is 496 g/mol. The zero-order valence-corrected chi connectivity index (χ0v) is 20.0. The Morgan fingerprint density at radius 1 is 1.05 bits per heavy atom. The summed E-state index contributed by atoms with van der Waals surface area (Å²) in [6.45, 7) is 1.40. The van der Waals surface area contributed by atoms with E-state index in [2.05, 4.69) is 15.6 Å². The first kappa shape index (κ1) is 24.0. The first-order valence-electron chi connectivity index (χ1n) is 12.1. The number of piperidine rings is 1. The molecule has 0 radical (unpaired) electrons. The molecule has 2 N–H and O–H groups in total. The van der Waals surface area contributed by atoms with E-state index in [0.717, 1.165) is 35.7 Å². The molecule has 1 saturated heterocycles. The summed E-state index contributed by atoms with van der Waals surface area (Å²) in [6, 6.07) is 17.0. The number of fused-ring (bicyclic) bond motifs is 1. The van der Waals surface area contributed by atoms with Gasteiger partial charge in [0.2, 0.25) is 0 Å². The predicted molar refractivity (Wildman–Crippen MR) is 136 cm³/mol. The van der Waals surface area contributed by atoms with Gasteiger partial charge in [-0.05, 0) is 72.4 Å². The second-order valence-corrected chi connectivity index (χ2v) is 9.03. The van der Waals surface area contributed by atoms with Crippen molar-refractivity contribution < 1.29 is 14.0 Å². The van der Waals surface area contributed by atoms with Crippen LogP contribution >= 0.6 is 0 Å². The van der Waals surface area contributed by atoms with Crippen LogP contribution in [0, 0.1) is 17.1 Å². The normalized spacial score (nSPS) is 13.8. The molecule has 0 atom stereocenters. The number of amides is 3. The van der Waals surface area contributed by atoms with Crippen LogP contribution in [0.3, 0.4) is 0 Å². The lowest BCUT2D eigenvalue weighted by Gasteiger charge is -2.32. The summed E-state index contributed by atoms with van der Waals surface area (Å²) >= 11 is 0. The topological polar surface area (TPSA) is 103 Å². The number of pyridine rings is 1. The Labute approximate surface area is 213 Å². The molecule has 2 aromatic heterocycles. The maximum atomic E-state index is 14.2. The zero-order chi connectivity index (χ0) is 25.8. The Morgan fingerprint density at radius 3 is 2.59 bits per heavy atom. The molecule has 8 nitrogen and oxygen atoms in total. The highest BCUT2D eigenvalue weighted by Gasteiger charge is 2.26. The number of benzene rings is 2. The highest BCUT2D eigenvalue weighted by Crippen LogP contribution is 2.30. The molecule has 3 amide bonds. The maximum absolute atomic E-state index is 14.2. The summed E-state index contributed by atoms with van der Waals surface area (Å²) in [6.07, 6.45) is 6.99. The minimum atomic E-state index is -0.614. The molecule has 5 rings (SSSR count). The molecular weight excluding hydrogens is 471 g/mol. The highest BCUT2D eigenvalue weighted by molar-refractivity contribution is 5.95. The van der Waals surface area contributed by atoms with Gasteiger partial charge < -0.3 is 19.9 Å². The minimum Gasteiger partial charge on any atom is -0.339 e. The molecule has 37 heavy (non-hydrogen) atoms. The van der Waals surface area contributed by atoms with Gasteiger partial charge in [0.25, 0.3) is 5.91 Å². The number of rotatable bonds is 5. The van der Waals surface area contributed by atoms with Crippen LogP contribution in [-0.4, -0.2) is 39.3 Å². The number of hydrogen-bond donors (Lipinski definition) is 2. The van der Waals surface area contributed by atoms with Gasteiger partial charge in [-0.2, -0.15) is 5.26 Å². The Hall–Kier alpha value is -4.71. The third-order valence-corrected chi connectivity index (χ3v) is 6.66. The Balaban J connectivity index is 1.12. The van der Waals surface area contributed by atoms with Crippen LogP contribution in [0.4, 0.5) is 14.9 Å². The molecule has 4 aromatic rings. The molecular formula is C28H25FN6O2. The van der Waals surface area contributed by atoms with E-state index in [4.69, 9.17) is 5.26 Å². The number of imidazole rings is 1. The second kappa shape index (κ2) is 10.5. The Bertz CT molecular complexity index is 1480. The molecule has 3 heterocycles. The minimum absolute atomic E-state index is 0.0618. The Kier molecular flexibility index (Phi) is 6.81. The first-order valence-corrected chi connectivity index (χ1v) is 12.1. The van der Waals surface area contributed by atoms with Crippen LogP contribution < -0.4 is 10.6 Å². The lowest BCUT2D eigenvalue weighted by molar-refractivity contribution is 0.0708. The van der Waals surface area contributed by atoms with Crippen molar-refractivity contribution in [3.05, 3.63) is 101 Å². The molecule has 2 aromatic carbocycles. The van der Waals surface area contributed by atoms with Crippen LogP contribution in [0.2, 0.25) is 0 Å². The quantitative estimate of drug-likeness (QED) is 0.419. The number of carbonyl (C=O) groups excluding carboxylic acids is 2. The van der Waals surface area contributed by atoms with Crippen LogP contribution in [0.25, 0.3) is 5.65 Å². The number of aromatic nitrogens is 2. The van der Waals surface area contributed by atoms with E-state index < -0.39 is 5.82 Å². The first-order chi connectivity index (χ1) is 18.0. The van der Waals surface area contributed by atoms with Crippen LogP contribution in [-0.2, 0) is 6.54 Å². The van der Waals surface area contributed by atoms with Crippen LogP contribution in [0.1, 0.15) is 45.8 Å². The molecule has 0 unspecified atom stereocenters. The van der Waals surface area contributed by atoms with Gasteiger partial charge in [-0.1, -0.05) is 12.1 Å². The van der Waals surface area contributed by atoms with Gasteiger partial charge in [0.1, 0.15) is 11.5 Å². The number of carbonyl (C=O) groups is 2. The van der Waals surface area contributed by atoms with Gasteiger partial charge in [-0.15, -0.1) is 0 Å². The summed E-state index contributed by atoms with van der Waals surface area (Å²) in [7, 11) is 0. The van der Waals surface area contributed by atoms with E-state index in [9.17, 15) is 14.0 Å². The average Bonchev–Trinajstić information content (AvgIpc) is 3.40. The van der Waals surface area contributed by atoms with E-state index in [0.29, 0.717) is 25.3 Å². The number of nitrogens with zero attached hydrogens (tertiary/aromatic N) is 4. The van der Waals surface area contributed by atoms with Gasteiger partial charge in [0.15, 0.2) is 0 Å². The van der Waals surface area contributed by atoms with Crippen molar-refractivity contribution in [1.82, 2.24) is 19.6 Å². The number of halogens is 1. The standard InChI is InChI=1S/C28H25FN6O2/c29-25-6-1-19(17-30)15-24(25)27(36)35-12-8-22(9-13-35)21-2-4-23(5-3-21)33-28(37)32-18-20-7-11-34-14-10-31-26(34)16-20/h1-7,10-11,14-16,22H,8-9,12-13,18H2,(H2,32,33,37). The van der Waals surface area contributed by atoms with Gasteiger partial charge >= 0.3 is 6.03 Å². The van der Waals surface area contributed by atoms with E-state index in [1.165, 1.54) is 12.1 Å². The van der Waals surface area contributed by atoms with Gasteiger partial charge in [-0.25, -0.2) is 14.2 Å². The van der Waals surface area contributed by atoms with E-state index in [1.54, 1.807) is 11.1 Å². The average molecular weight is 497 g/mol. The molecule has 0 saturated carbocycles. The molecule has 0 aliphatic carbocycles. The fourth-order valence-corrected chi connectivity index (χ4v) is 4.60. The second-order valence-electron chi connectivity index (χ2n) is 9.03. The van der Waals surface area contributed by atoms with Crippen molar-refractivity contribution in [2.45, 2.75) is 25.3 Å². The van der Waals surface area contributed by atoms with Crippen molar-refractivity contribution in [1.29, 1.82) is 5.26 Å². The van der Waals surface area contributed by atoms with Crippen molar-refractivity contribution in [3.63, 3.8) is 0 Å². The molecule has 1 fully saturated rings. The largest absolute Gasteiger partial charge is 0.339 e. The van der Waals surface area contributed by atoms with Crippen LogP contribution in [0.5, 0.6) is 0 Å². The number of urea groups is 1. The fraction of sp³-hybridized carbons (Fsp3) is 0.214. The summed E-state index contributed by atoms with van der Waals surface area (Å²) in [5.41, 5.74) is 3.79. The number of likely N-dealkylation sites (tertiary alicyclic amines) is 1. The third kappa shape index (κ3) is 5.43. The SMILES string of the molecule is N#Cc1ccc(F)c(C(=O)N2CCC(c3ccc(NC(=O)NCc4ccn5ccnc5c4)cc3)CC2)c1. The number of hydrogen-bond acceptors (Lipinski definition) is 4. The summed E-state index contributed by atoms with van der Waals surface area (Å²) in [5, 5.41) is 14.7. The predicted octanol–water partition coefficient (Wildman–Crippen LogP) is 4.69. The molecule has 9 heteroatoms. The van der Waals surface area contributed by atoms with Gasteiger partial charge in [0.05, 0.1) is 17.2 Å². The molecule has 186 valence electrons. The van der Waals surface area contributed by atoms with E-state index in [1.807, 2.05) is 59.3 Å². The molecule has 1 aliphatic rings. The summed E-state index contributed by atoms with van der Waals surface area (Å²) in [5.74, 6) is -0.736. The summed E-state index contributed by atoms with van der Waals surface area (Å²) in [4.78, 5) is 31.0. The van der Waals surface area contributed by atoms with Crippen molar-refractivity contribution in [3.8, 4) is 6.07 Å². The summed E-state index contributed by atoms with van der Waals surface area (Å²) < 4.78 is 16.1. The van der Waals surface area contributed by atoms with E-state index >= 15 is 0 Å². The van der Waals surface area contributed by atoms with Gasteiger partial charge in [-0.3, -0.25) is 4.79 Å². The van der Waals surface area contributed by atoms with Crippen molar-refractivity contribution >= 4 is 23.3 Å². The number of nitrogens with one attached hydrogen (secondary N) is 2.